The second-order valence-corrected chi connectivity index (χ2v) is 7.96. The van der Waals surface area contributed by atoms with Crippen molar-refractivity contribution in [3.8, 4) is 16.3 Å². The summed E-state index contributed by atoms with van der Waals surface area (Å²) in [6.45, 7) is 5.81. The molecule has 1 aromatic carbocycles. The normalized spacial score (nSPS) is 17.8. The number of methoxy groups -OCH3 is 1. The van der Waals surface area contributed by atoms with E-state index in [1.54, 1.807) is 18.4 Å². The molecule has 1 unspecified atom stereocenters. The maximum Gasteiger partial charge on any atom is 0.222 e. The summed E-state index contributed by atoms with van der Waals surface area (Å²) in [5.41, 5.74) is 1.05. The molecule has 1 amide bonds. The van der Waals surface area contributed by atoms with E-state index in [-0.39, 0.29) is 5.91 Å². The molecule has 2 heterocycles. The van der Waals surface area contributed by atoms with Crippen molar-refractivity contribution in [3.63, 3.8) is 0 Å². The van der Waals surface area contributed by atoms with Crippen LogP contribution in [0.5, 0.6) is 5.75 Å². The average Bonchev–Trinajstić information content (AvgIpc) is 3.11. The molecule has 0 spiro atoms. The zero-order valence-electron chi connectivity index (χ0n) is 15.1. The van der Waals surface area contributed by atoms with Gasteiger partial charge in [0.05, 0.1) is 7.11 Å². The van der Waals surface area contributed by atoms with E-state index in [4.69, 9.17) is 4.74 Å². The van der Waals surface area contributed by atoms with Crippen molar-refractivity contribution in [2.24, 2.45) is 5.92 Å². The Kier molecular flexibility index (Phi) is 5.68. The van der Waals surface area contributed by atoms with E-state index in [0.29, 0.717) is 18.3 Å². The second kappa shape index (κ2) is 7.95. The summed E-state index contributed by atoms with van der Waals surface area (Å²) in [6, 6.07) is 7.87. The lowest BCUT2D eigenvalue weighted by Gasteiger charge is -2.32. The first kappa shape index (κ1) is 17.9. The van der Waals surface area contributed by atoms with Crippen molar-refractivity contribution in [2.75, 3.05) is 20.2 Å². The van der Waals surface area contributed by atoms with Gasteiger partial charge in [-0.25, -0.2) is 0 Å². The highest BCUT2D eigenvalue weighted by molar-refractivity contribution is 7.14. The number of amides is 1. The van der Waals surface area contributed by atoms with Gasteiger partial charge < -0.3 is 9.64 Å². The van der Waals surface area contributed by atoms with Gasteiger partial charge in [0, 0.05) is 31.0 Å². The van der Waals surface area contributed by atoms with Gasteiger partial charge in [-0.05, 0) is 43.0 Å². The highest BCUT2D eigenvalue weighted by atomic mass is 32.1. The summed E-state index contributed by atoms with van der Waals surface area (Å²) < 4.78 is 5.20. The predicted octanol–water partition coefficient (Wildman–Crippen LogP) is 3.97. The maximum absolute atomic E-state index is 12.4. The fourth-order valence-corrected chi connectivity index (χ4v) is 4.11. The minimum Gasteiger partial charge on any atom is -0.497 e. The van der Waals surface area contributed by atoms with Crippen LogP contribution in [0.4, 0.5) is 0 Å². The number of likely N-dealkylation sites (tertiary alicyclic amines) is 1. The van der Waals surface area contributed by atoms with Gasteiger partial charge in [0.15, 0.2) is 0 Å². The van der Waals surface area contributed by atoms with Crippen molar-refractivity contribution in [1.82, 2.24) is 15.1 Å². The number of piperidine rings is 1. The van der Waals surface area contributed by atoms with E-state index < -0.39 is 0 Å². The highest BCUT2D eigenvalue weighted by Crippen LogP contribution is 2.33. The lowest BCUT2D eigenvalue weighted by molar-refractivity contribution is -0.133. The number of aromatic nitrogens is 2. The first-order valence-corrected chi connectivity index (χ1v) is 9.64. The van der Waals surface area contributed by atoms with Gasteiger partial charge in [-0.1, -0.05) is 25.2 Å². The third-order valence-corrected chi connectivity index (χ3v) is 5.62. The molecule has 1 aliphatic rings. The fourth-order valence-electron chi connectivity index (χ4n) is 3.13. The van der Waals surface area contributed by atoms with Crippen molar-refractivity contribution in [2.45, 2.75) is 39.0 Å². The molecule has 1 aliphatic heterocycles. The molecule has 0 aliphatic carbocycles. The summed E-state index contributed by atoms with van der Waals surface area (Å²) in [7, 11) is 1.66. The molecule has 134 valence electrons. The standard InChI is InChI=1S/C19H25N3O2S/c1-13(2)11-17(23)22-10-4-5-15(12-22)19-21-20-18(25-19)14-6-8-16(24-3)9-7-14/h6-9,13,15H,4-5,10-12H2,1-3H3. The number of ether oxygens (including phenoxy) is 1. The van der Waals surface area contributed by atoms with E-state index in [0.717, 1.165) is 47.3 Å². The van der Waals surface area contributed by atoms with Gasteiger partial charge in [-0.2, -0.15) is 0 Å². The first-order chi connectivity index (χ1) is 12.1. The van der Waals surface area contributed by atoms with Crippen molar-refractivity contribution in [3.05, 3.63) is 29.3 Å². The summed E-state index contributed by atoms with van der Waals surface area (Å²) in [5, 5.41) is 10.7. The third kappa shape index (κ3) is 4.37. The Morgan fingerprint density at radius 2 is 2.08 bits per heavy atom. The van der Waals surface area contributed by atoms with Gasteiger partial charge in [-0.3, -0.25) is 4.79 Å². The van der Waals surface area contributed by atoms with Gasteiger partial charge in [-0.15, -0.1) is 10.2 Å². The molecular weight excluding hydrogens is 334 g/mol. The second-order valence-electron chi connectivity index (χ2n) is 6.95. The van der Waals surface area contributed by atoms with E-state index in [1.165, 1.54) is 0 Å². The van der Waals surface area contributed by atoms with Gasteiger partial charge in [0.1, 0.15) is 15.8 Å². The summed E-state index contributed by atoms with van der Waals surface area (Å²) >= 11 is 1.63. The molecule has 0 bridgehead atoms. The van der Waals surface area contributed by atoms with E-state index in [2.05, 4.69) is 24.0 Å². The van der Waals surface area contributed by atoms with Crippen LogP contribution in [0.15, 0.2) is 24.3 Å². The molecule has 6 heteroatoms. The molecule has 0 N–H and O–H groups in total. The molecule has 1 atom stereocenters. The van der Waals surface area contributed by atoms with E-state index in [1.807, 2.05) is 29.2 Å². The summed E-state index contributed by atoms with van der Waals surface area (Å²) in [5.74, 6) is 1.80. The monoisotopic (exact) mass is 359 g/mol. The largest absolute Gasteiger partial charge is 0.497 e. The summed E-state index contributed by atoms with van der Waals surface area (Å²) in [4.78, 5) is 14.4. The lowest BCUT2D eigenvalue weighted by atomic mass is 9.98. The zero-order chi connectivity index (χ0) is 17.8. The van der Waals surface area contributed by atoms with Gasteiger partial charge in [0.25, 0.3) is 0 Å². The number of rotatable bonds is 5. The van der Waals surface area contributed by atoms with Crippen LogP contribution in [0, 0.1) is 5.92 Å². The third-order valence-electron chi connectivity index (χ3n) is 4.48. The van der Waals surface area contributed by atoms with Crippen molar-refractivity contribution < 1.29 is 9.53 Å². The maximum atomic E-state index is 12.4. The average molecular weight is 359 g/mol. The zero-order valence-corrected chi connectivity index (χ0v) is 15.9. The molecule has 0 saturated carbocycles. The SMILES string of the molecule is COc1ccc(-c2nnc(C3CCCN(C(=O)CC(C)C)C3)s2)cc1. The molecule has 1 aromatic heterocycles. The molecule has 0 radical (unpaired) electrons. The minimum absolute atomic E-state index is 0.264. The van der Waals surface area contributed by atoms with Crippen LogP contribution in [0.3, 0.4) is 0 Å². The van der Waals surface area contributed by atoms with Gasteiger partial charge >= 0.3 is 0 Å². The van der Waals surface area contributed by atoms with E-state index >= 15 is 0 Å². The lowest BCUT2D eigenvalue weighted by Crippen LogP contribution is -2.39. The number of carbonyl (C=O) groups excluding carboxylic acids is 1. The van der Waals surface area contributed by atoms with Crippen LogP contribution >= 0.6 is 11.3 Å². The van der Waals surface area contributed by atoms with Crippen LogP contribution in [0.1, 0.15) is 44.0 Å². The molecule has 1 fully saturated rings. The minimum atomic E-state index is 0.264. The van der Waals surface area contributed by atoms with Crippen LogP contribution in [0.25, 0.3) is 10.6 Å². The molecule has 1 saturated heterocycles. The molecular formula is C19H25N3O2S. The highest BCUT2D eigenvalue weighted by Gasteiger charge is 2.27. The molecule has 2 aromatic rings. The Bertz CT molecular complexity index is 712. The van der Waals surface area contributed by atoms with Crippen LogP contribution in [-0.4, -0.2) is 41.2 Å². The number of carbonyl (C=O) groups is 1. The Hall–Kier alpha value is -1.95. The van der Waals surface area contributed by atoms with Crippen molar-refractivity contribution >= 4 is 17.2 Å². The number of benzene rings is 1. The number of hydrogen-bond acceptors (Lipinski definition) is 5. The summed E-state index contributed by atoms with van der Waals surface area (Å²) in [6.07, 6.45) is 2.73. The molecule has 25 heavy (non-hydrogen) atoms. The Morgan fingerprint density at radius 1 is 1.32 bits per heavy atom. The number of nitrogens with zero attached hydrogens (tertiary/aromatic N) is 3. The van der Waals surface area contributed by atoms with Gasteiger partial charge in [0.2, 0.25) is 5.91 Å². The smallest absolute Gasteiger partial charge is 0.222 e. The van der Waals surface area contributed by atoms with E-state index in [9.17, 15) is 4.79 Å². The quantitative estimate of drug-likeness (QED) is 0.811. The topological polar surface area (TPSA) is 55.3 Å². The Balaban J connectivity index is 1.69. The Morgan fingerprint density at radius 3 is 2.76 bits per heavy atom. The van der Waals surface area contributed by atoms with Crippen LogP contribution in [0.2, 0.25) is 0 Å². The first-order valence-electron chi connectivity index (χ1n) is 8.82. The predicted molar refractivity (Wildman–Crippen MR) is 99.9 cm³/mol. The number of hydrogen-bond donors (Lipinski definition) is 0. The van der Waals surface area contributed by atoms with Crippen LogP contribution < -0.4 is 4.74 Å². The molecule has 3 rings (SSSR count). The fraction of sp³-hybridized carbons (Fsp3) is 0.526. The van der Waals surface area contributed by atoms with Crippen molar-refractivity contribution in [1.29, 1.82) is 0 Å². The molecule has 5 nitrogen and oxygen atoms in total. The Labute approximate surface area is 153 Å². The van der Waals surface area contributed by atoms with Crippen LogP contribution in [-0.2, 0) is 4.79 Å².